The first-order chi connectivity index (χ1) is 13.1. The Morgan fingerprint density at radius 3 is 2.33 bits per heavy atom. The smallest absolute Gasteiger partial charge is 0.276 e. The zero-order valence-corrected chi connectivity index (χ0v) is 16.2. The molecule has 0 bridgehead atoms. The van der Waals surface area contributed by atoms with Crippen LogP contribution >= 0.6 is 0 Å². The van der Waals surface area contributed by atoms with Gasteiger partial charge in [-0.25, -0.2) is 0 Å². The second kappa shape index (κ2) is 8.30. The monoisotopic (exact) mass is 375 g/mol. The molecule has 2 heterocycles. The number of piperazine rings is 1. The zero-order valence-electron chi connectivity index (χ0n) is 16.2. The number of carbonyl (C=O) groups is 1. The van der Waals surface area contributed by atoms with Crippen LogP contribution in [0.25, 0.3) is 0 Å². The molecule has 0 saturated carbocycles. The summed E-state index contributed by atoms with van der Waals surface area (Å²) in [5, 5.41) is 3.81. The summed E-state index contributed by atoms with van der Waals surface area (Å²) in [6.07, 6.45) is 0. The maximum atomic E-state index is 12.5. The second-order valence-corrected chi connectivity index (χ2v) is 6.38. The predicted molar refractivity (Wildman–Crippen MR) is 98.5 cm³/mol. The number of rotatable bonds is 6. The van der Waals surface area contributed by atoms with E-state index in [-0.39, 0.29) is 5.91 Å². The van der Waals surface area contributed by atoms with Crippen molar-refractivity contribution in [2.45, 2.75) is 13.5 Å². The van der Waals surface area contributed by atoms with Crippen LogP contribution in [-0.4, -0.2) is 68.4 Å². The Bertz CT molecular complexity index is 797. The fourth-order valence-electron chi connectivity index (χ4n) is 3.27. The molecular formula is C19H25N3O5. The lowest BCUT2D eigenvalue weighted by Crippen LogP contribution is -2.48. The molecule has 8 nitrogen and oxygen atoms in total. The summed E-state index contributed by atoms with van der Waals surface area (Å²) in [6, 6.07) is 5.53. The molecule has 1 aliphatic rings. The fraction of sp³-hybridized carbons (Fsp3) is 0.474. The van der Waals surface area contributed by atoms with Crippen molar-refractivity contribution >= 4 is 5.91 Å². The molecule has 0 unspecified atom stereocenters. The average molecular weight is 375 g/mol. The minimum Gasteiger partial charge on any atom is -0.493 e. The van der Waals surface area contributed by atoms with Crippen molar-refractivity contribution in [1.82, 2.24) is 15.0 Å². The molecule has 8 heteroatoms. The van der Waals surface area contributed by atoms with Gasteiger partial charge in [0.15, 0.2) is 17.2 Å². The Labute approximate surface area is 158 Å². The van der Waals surface area contributed by atoms with Gasteiger partial charge < -0.3 is 23.6 Å². The molecule has 1 amide bonds. The molecule has 2 aromatic rings. The molecule has 146 valence electrons. The molecule has 1 saturated heterocycles. The van der Waals surface area contributed by atoms with E-state index < -0.39 is 0 Å². The summed E-state index contributed by atoms with van der Waals surface area (Å²) in [6.45, 7) is 5.29. The molecular weight excluding hydrogens is 350 g/mol. The van der Waals surface area contributed by atoms with Crippen molar-refractivity contribution in [3.8, 4) is 17.2 Å². The van der Waals surface area contributed by atoms with E-state index in [9.17, 15) is 4.79 Å². The molecule has 0 aliphatic carbocycles. The van der Waals surface area contributed by atoms with Gasteiger partial charge in [0, 0.05) is 44.4 Å². The number of benzene rings is 1. The Kier molecular flexibility index (Phi) is 5.85. The molecule has 1 fully saturated rings. The summed E-state index contributed by atoms with van der Waals surface area (Å²) >= 11 is 0. The van der Waals surface area contributed by atoms with Crippen LogP contribution < -0.4 is 14.2 Å². The van der Waals surface area contributed by atoms with Crippen molar-refractivity contribution in [2.75, 3.05) is 47.5 Å². The van der Waals surface area contributed by atoms with E-state index in [4.69, 9.17) is 18.7 Å². The maximum absolute atomic E-state index is 12.5. The van der Waals surface area contributed by atoms with Gasteiger partial charge in [-0.1, -0.05) is 11.2 Å². The van der Waals surface area contributed by atoms with E-state index >= 15 is 0 Å². The molecule has 1 aliphatic heterocycles. The van der Waals surface area contributed by atoms with E-state index in [1.54, 1.807) is 39.2 Å². The van der Waals surface area contributed by atoms with Crippen LogP contribution in [0.3, 0.4) is 0 Å². The Morgan fingerprint density at radius 1 is 1.07 bits per heavy atom. The lowest BCUT2D eigenvalue weighted by atomic mass is 10.1. The largest absolute Gasteiger partial charge is 0.493 e. The third-order valence-corrected chi connectivity index (χ3v) is 4.69. The number of ether oxygens (including phenoxy) is 3. The van der Waals surface area contributed by atoms with Crippen LogP contribution in [0, 0.1) is 6.92 Å². The highest BCUT2D eigenvalue weighted by atomic mass is 16.5. The number of methoxy groups -OCH3 is 3. The third-order valence-electron chi connectivity index (χ3n) is 4.69. The molecule has 0 N–H and O–H groups in total. The quantitative estimate of drug-likeness (QED) is 0.764. The molecule has 1 aromatic carbocycles. The van der Waals surface area contributed by atoms with Gasteiger partial charge in [-0.05, 0) is 13.0 Å². The van der Waals surface area contributed by atoms with E-state index in [2.05, 4.69) is 10.1 Å². The molecule has 27 heavy (non-hydrogen) atoms. The number of hydrogen-bond acceptors (Lipinski definition) is 7. The summed E-state index contributed by atoms with van der Waals surface area (Å²) in [7, 11) is 4.82. The SMILES string of the molecule is COc1ccc(CN2CCN(C(=O)c3cc(C)on3)CC2)c(OC)c1OC. The number of hydrogen-bond donors (Lipinski definition) is 0. The van der Waals surface area contributed by atoms with Gasteiger partial charge >= 0.3 is 0 Å². The van der Waals surface area contributed by atoms with Crippen LogP contribution in [0.2, 0.25) is 0 Å². The summed E-state index contributed by atoms with van der Waals surface area (Å²) in [5.74, 6) is 2.45. The Balaban J connectivity index is 1.65. The predicted octanol–water partition coefficient (Wildman–Crippen LogP) is 1.97. The summed E-state index contributed by atoms with van der Waals surface area (Å²) in [5.41, 5.74) is 1.38. The highest BCUT2D eigenvalue weighted by Crippen LogP contribution is 2.40. The van der Waals surface area contributed by atoms with Crippen LogP contribution in [0.5, 0.6) is 17.2 Å². The van der Waals surface area contributed by atoms with Gasteiger partial charge in [0.1, 0.15) is 5.76 Å². The topological polar surface area (TPSA) is 77.3 Å². The van der Waals surface area contributed by atoms with E-state index in [1.807, 2.05) is 12.1 Å². The van der Waals surface area contributed by atoms with E-state index in [0.717, 1.165) is 18.7 Å². The first-order valence-electron chi connectivity index (χ1n) is 8.80. The average Bonchev–Trinajstić information content (AvgIpc) is 3.13. The molecule has 1 aromatic heterocycles. The van der Waals surface area contributed by atoms with Crippen molar-refractivity contribution < 1.29 is 23.5 Å². The zero-order chi connectivity index (χ0) is 19.4. The number of aryl methyl sites for hydroxylation is 1. The third kappa shape index (κ3) is 4.00. The normalized spacial score (nSPS) is 14.9. The van der Waals surface area contributed by atoms with Gasteiger partial charge in [-0.3, -0.25) is 9.69 Å². The Hall–Kier alpha value is -2.74. The maximum Gasteiger partial charge on any atom is 0.276 e. The first-order valence-corrected chi connectivity index (χ1v) is 8.80. The number of nitrogens with zero attached hydrogens (tertiary/aromatic N) is 3. The lowest BCUT2D eigenvalue weighted by Gasteiger charge is -2.34. The lowest BCUT2D eigenvalue weighted by molar-refractivity contribution is 0.0617. The molecule has 0 radical (unpaired) electrons. The minimum atomic E-state index is -0.0878. The van der Waals surface area contributed by atoms with Crippen LogP contribution in [0.15, 0.2) is 22.7 Å². The van der Waals surface area contributed by atoms with Gasteiger partial charge in [0.25, 0.3) is 5.91 Å². The standard InChI is InChI=1S/C19H25N3O5/c1-13-11-15(20-27-13)19(23)22-9-7-21(8-10-22)12-14-5-6-16(24-2)18(26-4)17(14)25-3/h5-6,11H,7-10,12H2,1-4H3. The van der Waals surface area contributed by atoms with Crippen LogP contribution in [0.4, 0.5) is 0 Å². The molecule has 0 atom stereocenters. The van der Waals surface area contributed by atoms with E-state index in [0.29, 0.717) is 48.3 Å². The first kappa shape index (κ1) is 19.0. The van der Waals surface area contributed by atoms with Crippen molar-refractivity contribution in [3.05, 3.63) is 35.2 Å². The molecule has 3 rings (SSSR count). The highest BCUT2D eigenvalue weighted by molar-refractivity contribution is 5.92. The van der Waals surface area contributed by atoms with Crippen molar-refractivity contribution in [3.63, 3.8) is 0 Å². The van der Waals surface area contributed by atoms with Crippen LogP contribution in [0.1, 0.15) is 21.8 Å². The minimum absolute atomic E-state index is 0.0878. The van der Waals surface area contributed by atoms with E-state index in [1.165, 1.54) is 0 Å². The van der Waals surface area contributed by atoms with Crippen molar-refractivity contribution in [2.24, 2.45) is 0 Å². The number of aromatic nitrogens is 1. The second-order valence-electron chi connectivity index (χ2n) is 6.38. The van der Waals surface area contributed by atoms with Gasteiger partial charge in [-0.15, -0.1) is 0 Å². The summed E-state index contributed by atoms with van der Waals surface area (Å²) < 4.78 is 21.3. The van der Waals surface area contributed by atoms with Gasteiger partial charge in [-0.2, -0.15) is 0 Å². The summed E-state index contributed by atoms with van der Waals surface area (Å²) in [4.78, 5) is 16.6. The van der Waals surface area contributed by atoms with Gasteiger partial charge in [0.05, 0.1) is 21.3 Å². The van der Waals surface area contributed by atoms with Gasteiger partial charge in [0.2, 0.25) is 5.75 Å². The molecule has 0 spiro atoms. The number of amides is 1. The highest BCUT2D eigenvalue weighted by Gasteiger charge is 2.25. The fourth-order valence-corrected chi connectivity index (χ4v) is 3.27. The Morgan fingerprint density at radius 2 is 1.78 bits per heavy atom. The number of carbonyl (C=O) groups excluding carboxylic acids is 1. The van der Waals surface area contributed by atoms with Crippen molar-refractivity contribution in [1.29, 1.82) is 0 Å². The van der Waals surface area contributed by atoms with Crippen LogP contribution in [-0.2, 0) is 6.54 Å².